The molecule has 0 radical (unpaired) electrons. The molecule has 18 heavy (non-hydrogen) atoms. The molecular formula is C13H25ClN2O2. The van der Waals surface area contributed by atoms with Gasteiger partial charge in [0.25, 0.3) is 0 Å². The summed E-state index contributed by atoms with van der Waals surface area (Å²) in [6.45, 7) is 2.74. The second-order valence-electron chi connectivity index (χ2n) is 5.11. The Bertz CT molecular complexity index is 257. The molecule has 1 N–H and O–H groups in total. The monoisotopic (exact) mass is 276 g/mol. The Morgan fingerprint density at radius 1 is 1.39 bits per heavy atom. The molecule has 2 aliphatic heterocycles. The normalized spacial score (nSPS) is 27.3. The summed E-state index contributed by atoms with van der Waals surface area (Å²) in [5, 5.41) is 3.17. The molecule has 2 fully saturated rings. The number of nitrogens with one attached hydrogen (secondary N) is 1. The van der Waals surface area contributed by atoms with Crippen molar-refractivity contribution in [2.24, 2.45) is 0 Å². The van der Waals surface area contributed by atoms with E-state index in [0.29, 0.717) is 24.5 Å². The molecule has 0 aromatic carbocycles. The molecule has 2 saturated heterocycles. The van der Waals surface area contributed by atoms with Crippen LogP contribution in [-0.4, -0.2) is 49.7 Å². The molecule has 2 rings (SSSR count). The second-order valence-corrected chi connectivity index (χ2v) is 5.11. The topological polar surface area (TPSA) is 41.6 Å². The lowest BCUT2D eigenvalue weighted by molar-refractivity contribution is -0.132. The summed E-state index contributed by atoms with van der Waals surface area (Å²) < 4.78 is 5.56. The molecule has 0 aliphatic carbocycles. The lowest BCUT2D eigenvalue weighted by Gasteiger charge is -2.25. The van der Waals surface area contributed by atoms with Crippen LogP contribution in [0.5, 0.6) is 0 Å². The third-order valence-corrected chi connectivity index (χ3v) is 3.84. The minimum atomic E-state index is 0. The van der Waals surface area contributed by atoms with Crippen molar-refractivity contribution in [3.05, 3.63) is 0 Å². The van der Waals surface area contributed by atoms with Crippen LogP contribution in [0.3, 0.4) is 0 Å². The highest BCUT2D eigenvalue weighted by atomic mass is 35.5. The smallest absolute Gasteiger partial charge is 0.222 e. The molecule has 0 saturated carbocycles. The maximum absolute atomic E-state index is 12.1. The number of halogens is 1. The summed E-state index contributed by atoms with van der Waals surface area (Å²) in [5.41, 5.74) is 0. The van der Waals surface area contributed by atoms with Gasteiger partial charge in [-0.05, 0) is 39.2 Å². The fourth-order valence-electron chi connectivity index (χ4n) is 2.91. The molecule has 2 unspecified atom stereocenters. The third-order valence-electron chi connectivity index (χ3n) is 3.84. The lowest BCUT2D eigenvalue weighted by atomic mass is 10.1. The van der Waals surface area contributed by atoms with Crippen molar-refractivity contribution in [2.45, 2.75) is 50.7 Å². The Morgan fingerprint density at radius 2 is 2.22 bits per heavy atom. The van der Waals surface area contributed by atoms with Gasteiger partial charge in [0, 0.05) is 32.2 Å². The van der Waals surface area contributed by atoms with Gasteiger partial charge < -0.3 is 15.0 Å². The SMILES string of the molecule is CNCC1CCCN1C(=O)CCC1CCCO1.Cl. The van der Waals surface area contributed by atoms with Crippen LogP contribution in [0.15, 0.2) is 0 Å². The number of likely N-dealkylation sites (N-methyl/N-ethyl adjacent to an activating group) is 1. The predicted octanol–water partition coefficient (Wildman–Crippen LogP) is 1.58. The Kier molecular flexibility index (Phi) is 6.97. The number of likely N-dealkylation sites (tertiary alicyclic amines) is 1. The molecular weight excluding hydrogens is 252 g/mol. The molecule has 0 aromatic heterocycles. The van der Waals surface area contributed by atoms with Crippen molar-refractivity contribution in [2.75, 3.05) is 26.7 Å². The zero-order valence-electron chi connectivity index (χ0n) is 11.2. The molecule has 1 amide bonds. The first-order valence-corrected chi connectivity index (χ1v) is 6.87. The number of rotatable bonds is 5. The van der Waals surface area contributed by atoms with E-state index >= 15 is 0 Å². The molecule has 0 bridgehead atoms. The van der Waals surface area contributed by atoms with Gasteiger partial charge in [0.1, 0.15) is 0 Å². The number of amides is 1. The number of hydrogen-bond acceptors (Lipinski definition) is 3. The third kappa shape index (κ3) is 4.11. The van der Waals surface area contributed by atoms with E-state index in [1.165, 1.54) is 0 Å². The fourth-order valence-corrected chi connectivity index (χ4v) is 2.91. The summed E-state index contributed by atoms with van der Waals surface area (Å²) >= 11 is 0. The van der Waals surface area contributed by atoms with E-state index in [9.17, 15) is 4.79 Å². The summed E-state index contributed by atoms with van der Waals surface area (Å²) in [6, 6.07) is 0.414. The summed E-state index contributed by atoms with van der Waals surface area (Å²) in [6.07, 6.45) is 6.49. The average molecular weight is 277 g/mol. The largest absolute Gasteiger partial charge is 0.378 e. The highest BCUT2D eigenvalue weighted by Crippen LogP contribution is 2.21. The zero-order valence-corrected chi connectivity index (χ0v) is 12.0. The van der Waals surface area contributed by atoms with Gasteiger partial charge in [-0.1, -0.05) is 0 Å². The minimum Gasteiger partial charge on any atom is -0.378 e. The van der Waals surface area contributed by atoms with E-state index in [1.807, 2.05) is 7.05 Å². The van der Waals surface area contributed by atoms with E-state index in [-0.39, 0.29) is 12.4 Å². The lowest BCUT2D eigenvalue weighted by Crippen LogP contribution is -2.41. The molecule has 0 aromatic rings. The maximum Gasteiger partial charge on any atom is 0.222 e. The zero-order chi connectivity index (χ0) is 12.1. The van der Waals surface area contributed by atoms with E-state index in [2.05, 4.69) is 10.2 Å². The molecule has 106 valence electrons. The van der Waals surface area contributed by atoms with Crippen LogP contribution in [0.4, 0.5) is 0 Å². The Morgan fingerprint density at radius 3 is 2.89 bits per heavy atom. The Labute approximate surface area is 116 Å². The van der Waals surface area contributed by atoms with Crippen LogP contribution in [-0.2, 0) is 9.53 Å². The predicted molar refractivity (Wildman–Crippen MR) is 74.1 cm³/mol. The second kappa shape index (κ2) is 7.97. The minimum absolute atomic E-state index is 0. The average Bonchev–Trinajstić information content (AvgIpc) is 2.97. The van der Waals surface area contributed by atoms with Gasteiger partial charge in [-0.25, -0.2) is 0 Å². The molecule has 2 aliphatic rings. The maximum atomic E-state index is 12.1. The van der Waals surface area contributed by atoms with Gasteiger partial charge in [0.05, 0.1) is 6.10 Å². The van der Waals surface area contributed by atoms with E-state index in [1.54, 1.807) is 0 Å². The van der Waals surface area contributed by atoms with Gasteiger partial charge in [-0.3, -0.25) is 4.79 Å². The summed E-state index contributed by atoms with van der Waals surface area (Å²) in [4.78, 5) is 14.2. The Hall–Kier alpha value is -0.320. The first kappa shape index (κ1) is 15.7. The van der Waals surface area contributed by atoms with Crippen LogP contribution >= 0.6 is 12.4 Å². The fraction of sp³-hybridized carbons (Fsp3) is 0.923. The van der Waals surface area contributed by atoms with E-state index < -0.39 is 0 Å². The van der Waals surface area contributed by atoms with Gasteiger partial charge in [0.2, 0.25) is 5.91 Å². The van der Waals surface area contributed by atoms with Crippen molar-refractivity contribution >= 4 is 18.3 Å². The quantitative estimate of drug-likeness (QED) is 0.829. The van der Waals surface area contributed by atoms with Crippen molar-refractivity contribution in [3.8, 4) is 0 Å². The molecule has 5 heteroatoms. The van der Waals surface area contributed by atoms with Crippen LogP contribution in [0.25, 0.3) is 0 Å². The summed E-state index contributed by atoms with van der Waals surface area (Å²) in [5.74, 6) is 0.318. The van der Waals surface area contributed by atoms with Gasteiger partial charge in [-0.15, -0.1) is 12.4 Å². The van der Waals surface area contributed by atoms with E-state index in [4.69, 9.17) is 4.74 Å². The first-order valence-electron chi connectivity index (χ1n) is 6.87. The van der Waals surface area contributed by atoms with Crippen LogP contribution in [0.2, 0.25) is 0 Å². The van der Waals surface area contributed by atoms with Crippen molar-refractivity contribution in [3.63, 3.8) is 0 Å². The van der Waals surface area contributed by atoms with Crippen LogP contribution < -0.4 is 5.32 Å². The van der Waals surface area contributed by atoms with Crippen molar-refractivity contribution in [1.82, 2.24) is 10.2 Å². The summed E-state index contributed by atoms with van der Waals surface area (Å²) in [7, 11) is 1.95. The number of carbonyl (C=O) groups is 1. The number of hydrogen-bond donors (Lipinski definition) is 1. The van der Waals surface area contributed by atoms with Crippen LogP contribution in [0, 0.1) is 0 Å². The molecule has 4 nitrogen and oxygen atoms in total. The number of carbonyl (C=O) groups excluding carboxylic acids is 1. The van der Waals surface area contributed by atoms with Gasteiger partial charge in [-0.2, -0.15) is 0 Å². The standard InChI is InChI=1S/C13H24N2O2.ClH/c1-14-10-11-4-2-8-15(11)13(16)7-6-12-5-3-9-17-12;/h11-12,14H,2-10H2,1H3;1H. The molecule has 2 heterocycles. The number of nitrogens with zero attached hydrogens (tertiary/aromatic N) is 1. The van der Waals surface area contributed by atoms with E-state index in [0.717, 1.165) is 51.8 Å². The molecule has 2 atom stereocenters. The van der Waals surface area contributed by atoms with Crippen LogP contribution in [0.1, 0.15) is 38.5 Å². The number of ether oxygens (including phenoxy) is 1. The first-order chi connectivity index (χ1) is 8.31. The molecule has 0 spiro atoms. The van der Waals surface area contributed by atoms with Crippen molar-refractivity contribution in [1.29, 1.82) is 0 Å². The van der Waals surface area contributed by atoms with Crippen molar-refractivity contribution < 1.29 is 9.53 Å². The highest BCUT2D eigenvalue weighted by Gasteiger charge is 2.28. The van der Waals surface area contributed by atoms with Gasteiger partial charge >= 0.3 is 0 Å². The van der Waals surface area contributed by atoms with Gasteiger partial charge in [0.15, 0.2) is 0 Å². The Balaban J connectivity index is 0.00000162. The highest BCUT2D eigenvalue weighted by molar-refractivity contribution is 5.85.